The lowest BCUT2D eigenvalue weighted by Gasteiger charge is -2.54. The summed E-state index contributed by atoms with van der Waals surface area (Å²) in [4.78, 5) is 54.8. The number of urea groups is 1. The molecule has 2 saturated heterocycles. The molecule has 2 fully saturated rings. The van der Waals surface area contributed by atoms with Crippen molar-refractivity contribution in [3.8, 4) is 23.8 Å². The van der Waals surface area contributed by atoms with E-state index in [-0.39, 0.29) is 39.5 Å². The molecule has 0 spiro atoms. The average molecular weight is 534 g/mol. The van der Waals surface area contributed by atoms with E-state index in [1.165, 1.54) is 19.8 Å². The molecule has 0 bridgehead atoms. The predicted molar refractivity (Wildman–Crippen MR) is 136 cm³/mol. The number of amides is 4. The summed E-state index contributed by atoms with van der Waals surface area (Å²) in [7, 11) is 0. The first-order chi connectivity index (χ1) is 18.9. The number of rotatable bonds is 7. The van der Waals surface area contributed by atoms with Crippen LogP contribution in [0.25, 0.3) is 0 Å². The van der Waals surface area contributed by atoms with E-state index in [2.05, 4.69) is 11.2 Å². The minimum absolute atomic E-state index is 0.0332. The van der Waals surface area contributed by atoms with E-state index in [1.54, 1.807) is 18.2 Å². The van der Waals surface area contributed by atoms with Gasteiger partial charge >= 0.3 is 12.0 Å². The van der Waals surface area contributed by atoms with Crippen LogP contribution in [0.3, 0.4) is 0 Å². The van der Waals surface area contributed by atoms with E-state index in [9.17, 15) is 24.3 Å². The van der Waals surface area contributed by atoms with Crippen LogP contribution in [0.15, 0.2) is 48.5 Å². The summed E-state index contributed by atoms with van der Waals surface area (Å²) in [6, 6.07) is 12.7. The number of terminal acetylenes is 1. The molecule has 12 heteroatoms. The zero-order valence-electron chi connectivity index (χ0n) is 21.0. The van der Waals surface area contributed by atoms with Crippen LogP contribution in [0.1, 0.15) is 17.5 Å². The first-order valence-corrected chi connectivity index (χ1v) is 12.3. The van der Waals surface area contributed by atoms with Crippen molar-refractivity contribution in [1.82, 2.24) is 25.1 Å². The Kier molecular flexibility index (Phi) is 7.25. The van der Waals surface area contributed by atoms with Gasteiger partial charge < -0.3 is 29.7 Å². The fourth-order valence-electron chi connectivity index (χ4n) is 5.06. The van der Waals surface area contributed by atoms with E-state index < -0.39 is 42.4 Å². The summed E-state index contributed by atoms with van der Waals surface area (Å²) in [6.45, 7) is 0.0751. The molecule has 0 aromatic heterocycles. The number of carbonyl (C=O) groups excluding carboxylic acids is 3. The van der Waals surface area contributed by atoms with Crippen LogP contribution in [0, 0.1) is 12.3 Å². The Bertz CT molecular complexity index is 1330. The molecule has 3 aliphatic rings. The number of aliphatic carboxylic acids is 1. The van der Waals surface area contributed by atoms with Crippen LogP contribution in [0.5, 0.6) is 11.5 Å². The number of carbonyl (C=O) groups is 4. The van der Waals surface area contributed by atoms with Gasteiger partial charge in [-0.3, -0.25) is 14.4 Å². The quantitative estimate of drug-likeness (QED) is 0.501. The molecule has 3 aliphatic heterocycles. The first kappa shape index (κ1) is 25.9. The topological polar surface area (TPSA) is 132 Å². The summed E-state index contributed by atoms with van der Waals surface area (Å²) in [5.74, 6) is 1.36. The van der Waals surface area contributed by atoms with Gasteiger partial charge in [0.15, 0.2) is 11.5 Å². The zero-order chi connectivity index (χ0) is 27.5. The number of hydrogen-bond acceptors (Lipinski definition) is 7. The van der Waals surface area contributed by atoms with Crippen molar-refractivity contribution in [2.45, 2.75) is 31.7 Å². The molecular weight excluding hydrogens is 506 g/mol. The minimum Gasteiger partial charge on any atom is -0.481 e. The molecule has 5 rings (SSSR count). The van der Waals surface area contributed by atoms with Gasteiger partial charge in [-0.2, -0.15) is 5.01 Å². The second-order valence-corrected chi connectivity index (χ2v) is 9.32. The number of fused-ring (bicyclic) bond motifs is 2. The van der Waals surface area contributed by atoms with Crippen molar-refractivity contribution in [1.29, 1.82) is 0 Å². The second-order valence-electron chi connectivity index (χ2n) is 9.32. The number of carboxylic acids is 1. The lowest BCUT2D eigenvalue weighted by atomic mass is 10.0. The Balaban J connectivity index is 1.45. The van der Waals surface area contributed by atoms with Gasteiger partial charge in [0.2, 0.25) is 18.6 Å². The highest BCUT2D eigenvalue weighted by atomic mass is 16.7. The summed E-state index contributed by atoms with van der Waals surface area (Å²) in [6.07, 6.45) is 3.98. The fourth-order valence-corrected chi connectivity index (χ4v) is 5.06. The molecule has 4 amide bonds. The van der Waals surface area contributed by atoms with Crippen LogP contribution < -0.4 is 14.8 Å². The van der Waals surface area contributed by atoms with Crippen molar-refractivity contribution >= 4 is 23.8 Å². The second kappa shape index (κ2) is 10.9. The maximum Gasteiger partial charge on any atom is 0.334 e. The molecule has 0 unspecified atom stereocenters. The lowest BCUT2D eigenvalue weighted by Crippen LogP contribution is -2.76. The van der Waals surface area contributed by atoms with Crippen molar-refractivity contribution in [2.24, 2.45) is 0 Å². The van der Waals surface area contributed by atoms with Crippen LogP contribution in [0.4, 0.5) is 4.79 Å². The molecule has 202 valence electrons. The number of nitrogens with zero attached hydrogens (tertiary/aromatic N) is 4. The molecule has 39 heavy (non-hydrogen) atoms. The van der Waals surface area contributed by atoms with E-state index in [1.807, 2.05) is 30.3 Å². The number of nitrogens with one attached hydrogen (secondary N) is 1. The van der Waals surface area contributed by atoms with Gasteiger partial charge in [-0.05, 0) is 23.3 Å². The molecule has 12 nitrogen and oxygen atoms in total. The van der Waals surface area contributed by atoms with Crippen molar-refractivity contribution in [2.75, 3.05) is 26.4 Å². The van der Waals surface area contributed by atoms with Gasteiger partial charge in [0, 0.05) is 13.1 Å². The summed E-state index contributed by atoms with van der Waals surface area (Å²) in [5.41, 5.74) is 1.59. The number of benzene rings is 2. The zero-order valence-corrected chi connectivity index (χ0v) is 21.0. The van der Waals surface area contributed by atoms with E-state index in [0.717, 1.165) is 11.1 Å². The Labute approximate surface area is 224 Å². The molecule has 3 heterocycles. The molecule has 2 aromatic carbocycles. The molecule has 2 N–H and O–H groups in total. The number of piperazine rings is 1. The molecule has 2 atom stereocenters. The van der Waals surface area contributed by atoms with Gasteiger partial charge in [0.25, 0.3) is 0 Å². The fraction of sp³-hybridized carbons (Fsp3) is 0.333. The highest BCUT2D eigenvalue weighted by Gasteiger charge is 2.51. The Morgan fingerprint density at radius 3 is 2.59 bits per heavy atom. The highest BCUT2D eigenvalue weighted by Crippen LogP contribution is 2.34. The monoisotopic (exact) mass is 533 g/mol. The van der Waals surface area contributed by atoms with Crippen molar-refractivity contribution < 1.29 is 33.8 Å². The minimum atomic E-state index is -1.29. The van der Waals surface area contributed by atoms with Crippen molar-refractivity contribution in [3.05, 3.63) is 59.7 Å². The van der Waals surface area contributed by atoms with Crippen LogP contribution >= 0.6 is 0 Å². The number of ether oxygens (including phenoxy) is 2. The lowest BCUT2D eigenvalue weighted by molar-refractivity contribution is -0.190. The highest BCUT2D eigenvalue weighted by molar-refractivity contribution is 5.93. The largest absolute Gasteiger partial charge is 0.481 e. The van der Waals surface area contributed by atoms with Gasteiger partial charge in [-0.1, -0.05) is 42.3 Å². The standard InChI is InChI=1S/C27H27N5O7/c1-2-10-30-16-24(33)31-20(12-25(34)35)26(36)29(14-19-8-9-21-22(11-19)39-17-38-21)15-23(31)32(30)27(37)28-13-18-6-4-3-5-7-18/h1,3-9,11,20,23H,10,12-17H2,(H,28,37)(H,34,35)/t20-,23-/m0/s1. The smallest absolute Gasteiger partial charge is 0.334 e. The van der Waals surface area contributed by atoms with Gasteiger partial charge in [-0.25, -0.2) is 9.80 Å². The number of hydrogen-bond donors (Lipinski definition) is 2. The molecule has 0 aliphatic carbocycles. The Morgan fingerprint density at radius 2 is 1.85 bits per heavy atom. The summed E-state index contributed by atoms with van der Waals surface area (Å²) >= 11 is 0. The maximum absolute atomic E-state index is 13.5. The third kappa shape index (κ3) is 5.30. The SMILES string of the molecule is C#CCN1CC(=O)N2[C@@H](CC(=O)O)C(=O)N(Cc3ccc4c(c3)OCO4)C[C@@H]2N1C(=O)NCc1ccccc1. The van der Waals surface area contributed by atoms with Crippen LogP contribution in [-0.2, 0) is 27.5 Å². The Hall–Kier alpha value is -4.76. The predicted octanol–water partition coefficient (Wildman–Crippen LogP) is 0.831. The summed E-state index contributed by atoms with van der Waals surface area (Å²) in [5, 5.41) is 15.2. The molecule has 0 radical (unpaired) electrons. The van der Waals surface area contributed by atoms with Crippen LogP contribution in [0.2, 0.25) is 0 Å². The number of carboxylic acid groups (broad SMARTS) is 1. The van der Waals surface area contributed by atoms with Crippen LogP contribution in [-0.4, -0.2) is 87.4 Å². The molecule has 0 saturated carbocycles. The van der Waals surface area contributed by atoms with Crippen molar-refractivity contribution in [3.63, 3.8) is 0 Å². The Morgan fingerprint density at radius 1 is 1.08 bits per heavy atom. The van der Waals surface area contributed by atoms with Gasteiger partial charge in [0.05, 0.1) is 26.1 Å². The van der Waals surface area contributed by atoms with Gasteiger partial charge in [-0.15, -0.1) is 6.42 Å². The first-order valence-electron chi connectivity index (χ1n) is 12.3. The molecule has 2 aromatic rings. The molecular formula is C27H27N5O7. The normalized spacial score (nSPS) is 20.4. The van der Waals surface area contributed by atoms with E-state index in [4.69, 9.17) is 15.9 Å². The van der Waals surface area contributed by atoms with Gasteiger partial charge in [0.1, 0.15) is 12.2 Å². The third-order valence-corrected chi connectivity index (χ3v) is 6.78. The third-order valence-electron chi connectivity index (χ3n) is 6.78. The van der Waals surface area contributed by atoms with E-state index in [0.29, 0.717) is 11.5 Å². The maximum atomic E-state index is 13.5. The number of hydrazine groups is 1. The average Bonchev–Trinajstić information content (AvgIpc) is 3.38. The summed E-state index contributed by atoms with van der Waals surface area (Å²) < 4.78 is 10.8. The van der Waals surface area contributed by atoms with E-state index >= 15 is 0 Å².